The first-order valence-corrected chi connectivity index (χ1v) is 9.03. The molecule has 0 saturated heterocycles. The molecule has 24 heavy (non-hydrogen) atoms. The summed E-state index contributed by atoms with van der Waals surface area (Å²) in [6, 6.07) is 15.8. The highest BCUT2D eigenvalue weighted by molar-refractivity contribution is 5.78. The molecule has 1 atom stereocenters. The SMILES string of the molecule is C=CCC1=C(C(CC)c2cccc3c2Cc2ccccc2-3)CC=C1. The third-order valence-electron chi connectivity index (χ3n) is 5.52. The van der Waals surface area contributed by atoms with Crippen molar-refractivity contribution in [1.82, 2.24) is 0 Å². The maximum Gasteiger partial charge on any atom is 0.00576 e. The second-order valence-corrected chi connectivity index (χ2v) is 6.82. The fraction of sp³-hybridized carbons (Fsp3) is 0.250. The Morgan fingerprint density at radius 1 is 1.08 bits per heavy atom. The number of hydrogen-bond acceptors (Lipinski definition) is 0. The van der Waals surface area contributed by atoms with Crippen molar-refractivity contribution in [2.45, 2.75) is 38.5 Å². The minimum Gasteiger partial charge on any atom is -0.103 e. The Balaban J connectivity index is 1.80. The van der Waals surface area contributed by atoms with E-state index >= 15 is 0 Å². The van der Waals surface area contributed by atoms with Gasteiger partial charge >= 0.3 is 0 Å². The van der Waals surface area contributed by atoms with Gasteiger partial charge in [0.1, 0.15) is 0 Å². The smallest absolute Gasteiger partial charge is 0.00576 e. The Morgan fingerprint density at radius 2 is 1.92 bits per heavy atom. The Labute approximate surface area is 145 Å². The van der Waals surface area contributed by atoms with Crippen LogP contribution in [-0.2, 0) is 6.42 Å². The summed E-state index contributed by atoms with van der Waals surface area (Å²) in [5.74, 6) is 0.527. The van der Waals surface area contributed by atoms with Gasteiger partial charge in [-0.05, 0) is 59.1 Å². The van der Waals surface area contributed by atoms with Crippen LogP contribution in [0.1, 0.15) is 48.8 Å². The molecule has 2 aromatic rings. The minimum absolute atomic E-state index is 0.527. The average Bonchev–Trinajstić information content (AvgIpc) is 3.21. The fourth-order valence-electron chi connectivity index (χ4n) is 4.45. The zero-order valence-corrected chi connectivity index (χ0v) is 14.4. The monoisotopic (exact) mass is 312 g/mol. The first-order valence-electron chi connectivity index (χ1n) is 9.03. The lowest BCUT2D eigenvalue weighted by molar-refractivity contribution is 0.732. The number of benzene rings is 2. The highest BCUT2D eigenvalue weighted by atomic mass is 14.3. The van der Waals surface area contributed by atoms with Crippen molar-refractivity contribution in [1.29, 1.82) is 0 Å². The van der Waals surface area contributed by atoms with Crippen LogP contribution in [0.15, 0.2) is 78.4 Å². The van der Waals surface area contributed by atoms with Crippen LogP contribution >= 0.6 is 0 Å². The zero-order chi connectivity index (χ0) is 16.5. The Bertz CT molecular complexity index is 848. The third-order valence-corrected chi connectivity index (χ3v) is 5.52. The standard InChI is InChI=1S/C24H24/c1-3-9-17-11-7-13-20(17)19(4-2)22-14-8-15-23-21-12-6-5-10-18(21)16-24(22)23/h3,5-8,10-12,14-15,19H,1,4,9,13,16H2,2H3. The Morgan fingerprint density at radius 3 is 2.75 bits per heavy atom. The maximum atomic E-state index is 3.93. The van der Waals surface area contributed by atoms with Crippen LogP contribution in [0.3, 0.4) is 0 Å². The first-order chi connectivity index (χ1) is 11.8. The normalized spacial score (nSPS) is 16.2. The number of hydrogen-bond donors (Lipinski definition) is 0. The molecule has 0 amide bonds. The average molecular weight is 312 g/mol. The van der Waals surface area contributed by atoms with E-state index < -0.39 is 0 Å². The van der Waals surface area contributed by atoms with E-state index in [-0.39, 0.29) is 0 Å². The van der Waals surface area contributed by atoms with Crippen LogP contribution in [0.25, 0.3) is 11.1 Å². The van der Waals surface area contributed by atoms with Gasteiger partial charge in [-0.15, -0.1) is 6.58 Å². The molecule has 120 valence electrons. The molecule has 1 unspecified atom stereocenters. The highest BCUT2D eigenvalue weighted by Gasteiger charge is 2.26. The van der Waals surface area contributed by atoms with Gasteiger partial charge < -0.3 is 0 Å². The van der Waals surface area contributed by atoms with Crippen molar-refractivity contribution >= 4 is 0 Å². The summed E-state index contributed by atoms with van der Waals surface area (Å²) in [4.78, 5) is 0. The number of rotatable bonds is 5. The van der Waals surface area contributed by atoms with Crippen molar-refractivity contribution in [2.75, 3.05) is 0 Å². The largest absolute Gasteiger partial charge is 0.103 e. The molecule has 0 aliphatic heterocycles. The Kier molecular flexibility index (Phi) is 3.98. The van der Waals surface area contributed by atoms with Crippen LogP contribution in [0.2, 0.25) is 0 Å². The quantitative estimate of drug-likeness (QED) is 0.466. The van der Waals surface area contributed by atoms with E-state index in [0.29, 0.717) is 5.92 Å². The van der Waals surface area contributed by atoms with Gasteiger partial charge in [-0.3, -0.25) is 0 Å². The van der Waals surface area contributed by atoms with E-state index in [4.69, 9.17) is 0 Å². The molecule has 0 bridgehead atoms. The lowest BCUT2D eigenvalue weighted by Crippen LogP contribution is -2.05. The van der Waals surface area contributed by atoms with Crippen molar-refractivity contribution in [2.24, 2.45) is 0 Å². The van der Waals surface area contributed by atoms with E-state index in [0.717, 1.165) is 25.7 Å². The number of allylic oxidation sites excluding steroid dienone is 5. The van der Waals surface area contributed by atoms with E-state index in [1.54, 1.807) is 11.1 Å². The first kappa shape index (κ1) is 15.2. The van der Waals surface area contributed by atoms with Crippen molar-refractivity contribution < 1.29 is 0 Å². The molecule has 0 radical (unpaired) electrons. The van der Waals surface area contributed by atoms with Crippen molar-refractivity contribution in [3.8, 4) is 11.1 Å². The summed E-state index contributed by atoms with van der Waals surface area (Å²) in [6.07, 6.45) is 11.0. The summed E-state index contributed by atoms with van der Waals surface area (Å²) in [5.41, 5.74) is 10.5. The van der Waals surface area contributed by atoms with E-state index in [9.17, 15) is 0 Å². The summed E-state index contributed by atoms with van der Waals surface area (Å²) < 4.78 is 0. The molecule has 2 aliphatic rings. The van der Waals surface area contributed by atoms with E-state index in [1.165, 1.54) is 27.8 Å². The second kappa shape index (κ2) is 6.28. The molecule has 4 rings (SSSR count). The van der Waals surface area contributed by atoms with Crippen molar-refractivity contribution in [3.05, 3.63) is 95.1 Å². The van der Waals surface area contributed by atoms with Crippen LogP contribution in [0.4, 0.5) is 0 Å². The lowest BCUT2D eigenvalue weighted by atomic mass is 9.82. The van der Waals surface area contributed by atoms with Crippen molar-refractivity contribution in [3.63, 3.8) is 0 Å². The predicted molar refractivity (Wildman–Crippen MR) is 103 cm³/mol. The van der Waals surface area contributed by atoms with E-state index in [1.807, 2.05) is 6.08 Å². The summed E-state index contributed by atoms with van der Waals surface area (Å²) in [5, 5.41) is 0. The Hall–Kier alpha value is -2.34. The molecule has 0 heterocycles. The predicted octanol–water partition coefficient (Wildman–Crippen LogP) is 6.58. The summed E-state index contributed by atoms with van der Waals surface area (Å²) in [7, 11) is 0. The van der Waals surface area contributed by atoms with Crippen LogP contribution in [0, 0.1) is 0 Å². The van der Waals surface area contributed by atoms with Gasteiger partial charge in [-0.2, -0.15) is 0 Å². The summed E-state index contributed by atoms with van der Waals surface area (Å²) >= 11 is 0. The van der Waals surface area contributed by atoms with Gasteiger partial charge in [0.15, 0.2) is 0 Å². The molecule has 0 heteroatoms. The molecule has 2 aromatic carbocycles. The summed E-state index contributed by atoms with van der Waals surface area (Å²) in [6.45, 7) is 6.26. The van der Waals surface area contributed by atoms with Gasteiger partial charge in [0.05, 0.1) is 0 Å². The maximum absolute atomic E-state index is 3.93. The van der Waals surface area contributed by atoms with Crippen LogP contribution in [0.5, 0.6) is 0 Å². The molecule has 0 aromatic heterocycles. The third kappa shape index (κ3) is 2.38. The molecular weight excluding hydrogens is 288 g/mol. The molecule has 2 aliphatic carbocycles. The fourth-order valence-corrected chi connectivity index (χ4v) is 4.45. The molecular formula is C24H24. The minimum atomic E-state index is 0.527. The highest BCUT2D eigenvalue weighted by Crippen LogP contribution is 2.44. The van der Waals surface area contributed by atoms with Gasteiger partial charge in [-0.25, -0.2) is 0 Å². The van der Waals surface area contributed by atoms with Gasteiger partial charge in [-0.1, -0.05) is 73.2 Å². The topological polar surface area (TPSA) is 0 Å². The van der Waals surface area contributed by atoms with Gasteiger partial charge in [0, 0.05) is 5.92 Å². The van der Waals surface area contributed by atoms with Gasteiger partial charge in [0.2, 0.25) is 0 Å². The molecule has 0 N–H and O–H groups in total. The molecule has 0 nitrogen and oxygen atoms in total. The van der Waals surface area contributed by atoms with Gasteiger partial charge in [0.25, 0.3) is 0 Å². The second-order valence-electron chi connectivity index (χ2n) is 6.82. The van der Waals surface area contributed by atoms with E-state index in [2.05, 4.69) is 68.1 Å². The molecule has 0 saturated carbocycles. The zero-order valence-electron chi connectivity index (χ0n) is 14.4. The molecule has 0 fully saturated rings. The van der Waals surface area contributed by atoms with Crippen LogP contribution in [-0.4, -0.2) is 0 Å². The molecule has 0 spiro atoms. The van der Waals surface area contributed by atoms with Crippen LogP contribution < -0.4 is 0 Å². The lowest BCUT2D eigenvalue weighted by Gasteiger charge is -2.22. The number of fused-ring (bicyclic) bond motifs is 3.